The van der Waals surface area contributed by atoms with Crippen LogP contribution in [0.2, 0.25) is 0 Å². The Morgan fingerprint density at radius 1 is 1.03 bits per heavy atom. The Balaban J connectivity index is 2.27. The Labute approximate surface area is 178 Å². The summed E-state index contributed by atoms with van der Waals surface area (Å²) in [6, 6.07) is 6.34. The zero-order valence-corrected chi connectivity index (χ0v) is 17.5. The number of ether oxygens (including phenoxy) is 4. The Morgan fingerprint density at radius 3 is 2.13 bits per heavy atom. The van der Waals surface area contributed by atoms with Crippen LogP contribution in [0, 0.1) is 12.3 Å². The van der Waals surface area contributed by atoms with Crippen LogP contribution in [-0.2, 0) is 11.3 Å². The Morgan fingerprint density at radius 2 is 1.65 bits per heavy atom. The van der Waals surface area contributed by atoms with Crippen LogP contribution in [0.15, 0.2) is 24.3 Å². The van der Waals surface area contributed by atoms with Crippen LogP contribution in [-0.4, -0.2) is 49.9 Å². The van der Waals surface area contributed by atoms with Gasteiger partial charge in [0, 0.05) is 10.9 Å². The third-order valence-electron chi connectivity index (χ3n) is 4.69. The first-order valence-corrected chi connectivity index (χ1v) is 9.07. The number of carbonyl (C=O) groups excluding carboxylic acids is 2. The highest BCUT2D eigenvalue weighted by Crippen LogP contribution is 2.39. The number of ketones is 1. The SMILES string of the molecule is C#Cc1c(OC)ccc2c(C(=O)c3cc(OC)c(OC)c(OC)c3)nn(CC(N)=O)c12. The summed E-state index contributed by atoms with van der Waals surface area (Å²) in [6.45, 7) is -0.263. The number of rotatable bonds is 8. The highest BCUT2D eigenvalue weighted by Gasteiger charge is 2.25. The molecule has 0 saturated carbocycles. The van der Waals surface area contributed by atoms with Gasteiger partial charge in [-0.2, -0.15) is 5.10 Å². The van der Waals surface area contributed by atoms with Gasteiger partial charge in [0.1, 0.15) is 18.0 Å². The number of hydrogen-bond acceptors (Lipinski definition) is 7. The average molecular weight is 423 g/mol. The molecule has 3 aromatic rings. The first-order chi connectivity index (χ1) is 14.9. The molecule has 0 aliphatic rings. The van der Waals surface area contributed by atoms with Crippen LogP contribution in [0.4, 0.5) is 0 Å². The predicted molar refractivity (Wildman–Crippen MR) is 113 cm³/mol. The summed E-state index contributed by atoms with van der Waals surface area (Å²) in [5.41, 5.74) is 6.46. The smallest absolute Gasteiger partial charge is 0.239 e. The van der Waals surface area contributed by atoms with Crippen molar-refractivity contribution in [2.24, 2.45) is 5.73 Å². The van der Waals surface area contributed by atoms with E-state index < -0.39 is 11.7 Å². The van der Waals surface area contributed by atoms with Gasteiger partial charge in [0.25, 0.3) is 0 Å². The number of nitrogens with two attached hydrogens (primary N) is 1. The zero-order chi connectivity index (χ0) is 22.7. The van der Waals surface area contributed by atoms with Gasteiger partial charge < -0.3 is 24.7 Å². The van der Waals surface area contributed by atoms with E-state index in [9.17, 15) is 9.59 Å². The zero-order valence-electron chi connectivity index (χ0n) is 17.5. The first-order valence-electron chi connectivity index (χ1n) is 9.07. The van der Waals surface area contributed by atoms with Gasteiger partial charge in [-0.1, -0.05) is 5.92 Å². The molecule has 0 unspecified atom stereocenters. The van der Waals surface area contributed by atoms with E-state index in [1.807, 2.05) is 0 Å². The first kappa shape index (κ1) is 21.5. The molecular formula is C22H21N3O6. The largest absolute Gasteiger partial charge is 0.495 e. The van der Waals surface area contributed by atoms with Gasteiger partial charge >= 0.3 is 0 Å². The second-order valence-corrected chi connectivity index (χ2v) is 6.40. The fourth-order valence-corrected chi connectivity index (χ4v) is 3.34. The van der Waals surface area contributed by atoms with Gasteiger partial charge in [-0.25, -0.2) is 0 Å². The van der Waals surface area contributed by atoms with Crippen molar-refractivity contribution in [2.75, 3.05) is 28.4 Å². The van der Waals surface area contributed by atoms with Gasteiger partial charge in [0.2, 0.25) is 17.4 Å². The summed E-state index contributed by atoms with van der Waals surface area (Å²) in [6.07, 6.45) is 5.68. The van der Waals surface area contributed by atoms with Gasteiger partial charge in [0.05, 0.1) is 39.5 Å². The molecule has 3 rings (SSSR count). The number of amides is 1. The van der Waals surface area contributed by atoms with Crippen molar-refractivity contribution in [1.82, 2.24) is 9.78 Å². The molecule has 2 aromatic carbocycles. The molecule has 0 fully saturated rings. The average Bonchev–Trinajstić information content (AvgIpc) is 3.14. The topological polar surface area (TPSA) is 115 Å². The van der Waals surface area contributed by atoms with Crippen molar-refractivity contribution >= 4 is 22.6 Å². The van der Waals surface area contributed by atoms with Crippen molar-refractivity contribution in [1.29, 1.82) is 0 Å². The number of aromatic nitrogens is 2. The van der Waals surface area contributed by atoms with Crippen LogP contribution >= 0.6 is 0 Å². The number of primary amides is 1. The monoisotopic (exact) mass is 423 g/mol. The third-order valence-corrected chi connectivity index (χ3v) is 4.69. The lowest BCUT2D eigenvalue weighted by Gasteiger charge is -2.13. The fraction of sp³-hybridized carbons (Fsp3) is 0.227. The lowest BCUT2D eigenvalue weighted by molar-refractivity contribution is -0.118. The van der Waals surface area contributed by atoms with E-state index in [4.69, 9.17) is 31.1 Å². The van der Waals surface area contributed by atoms with E-state index in [0.29, 0.717) is 39.5 Å². The van der Waals surface area contributed by atoms with Crippen molar-refractivity contribution in [2.45, 2.75) is 6.54 Å². The number of benzene rings is 2. The molecule has 1 aromatic heterocycles. The van der Waals surface area contributed by atoms with Crippen molar-refractivity contribution in [3.63, 3.8) is 0 Å². The maximum Gasteiger partial charge on any atom is 0.239 e. The number of terminal acetylenes is 1. The number of carbonyl (C=O) groups is 2. The number of methoxy groups -OCH3 is 4. The molecule has 9 nitrogen and oxygen atoms in total. The summed E-state index contributed by atoms with van der Waals surface area (Å²) >= 11 is 0. The molecule has 9 heteroatoms. The molecule has 0 aliphatic heterocycles. The predicted octanol–water partition coefficient (Wildman–Crippen LogP) is 1.77. The standard InChI is InChI=1S/C22H21N3O6/c1-6-13-15(28-2)8-7-14-19(24-25(20(13)14)11-18(23)26)21(27)12-9-16(29-3)22(31-5)17(10-12)30-4/h1,7-10H,11H2,2-5H3,(H2,23,26). The molecule has 1 heterocycles. The molecule has 0 aliphatic carbocycles. The Hall–Kier alpha value is -4.19. The Bertz CT molecular complexity index is 1200. The number of hydrogen-bond donors (Lipinski definition) is 1. The van der Waals surface area contributed by atoms with Crippen molar-refractivity contribution in [3.8, 4) is 35.3 Å². The molecule has 160 valence electrons. The normalized spacial score (nSPS) is 10.4. The van der Waals surface area contributed by atoms with E-state index >= 15 is 0 Å². The van der Waals surface area contributed by atoms with Crippen LogP contribution in [0.25, 0.3) is 10.9 Å². The van der Waals surface area contributed by atoms with E-state index in [1.165, 1.54) is 45.3 Å². The third kappa shape index (κ3) is 3.71. The molecule has 0 radical (unpaired) electrons. The van der Waals surface area contributed by atoms with Crippen LogP contribution in [0.1, 0.15) is 21.6 Å². The van der Waals surface area contributed by atoms with Crippen LogP contribution < -0.4 is 24.7 Å². The van der Waals surface area contributed by atoms with Gasteiger partial charge in [-0.05, 0) is 24.3 Å². The molecule has 31 heavy (non-hydrogen) atoms. The number of nitrogens with zero attached hydrogens (tertiary/aromatic N) is 2. The highest BCUT2D eigenvalue weighted by atomic mass is 16.5. The molecular weight excluding hydrogens is 402 g/mol. The van der Waals surface area contributed by atoms with E-state index in [0.717, 1.165) is 0 Å². The lowest BCUT2D eigenvalue weighted by Crippen LogP contribution is -2.20. The van der Waals surface area contributed by atoms with Crippen LogP contribution in [0.5, 0.6) is 23.0 Å². The molecule has 2 N–H and O–H groups in total. The van der Waals surface area contributed by atoms with Crippen molar-refractivity contribution < 1.29 is 28.5 Å². The van der Waals surface area contributed by atoms with Gasteiger partial charge in [-0.3, -0.25) is 14.3 Å². The second kappa shape index (κ2) is 8.67. The summed E-state index contributed by atoms with van der Waals surface area (Å²) in [5, 5.41) is 4.80. The van der Waals surface area contributed by atoms with E-state index in [2.05, 4.69) is 11.0 Å². The van der Waals surface area contributed by atoms with Gasteiger partial charge in [-0.15, -0.1) is 6.42 Å². The van der Waals surface area contributed by atoms with Crippen molar-refractivity contribution in [3.05, 3.63) is 41.1 Å². The van der Waals surface area contributed by atoms with Gasteiger partial charge in [0.15, 0.2) is 11.5 Å². The molecule has 1 amide bonds. The second-order valence-electron chi connectivity index (χ2n) is 6.40. The quantitative estimate of drug-likeness (QED) is 0.434. The summed E-state index contributed by atoms with van der Waals surface area (Å²) in [4.78, 5) is 25.0. The van der Waals surface area contributed by atoms with E-state index in [1.54, 1.807) is 12.1 Å². The fourth-order valence-electron chi connectivity index (χ4n) is 3.34. The Kier molecular flexibility index (Phi) is 6.02. The minimum atomic E-state index is -0.637. The number of fused-ring (bicyclic) bond motifs is 1. The molecule has 0 bridgehead atoms. The maximum absolute atomic E-state index is 13.4. The summed E-state index contributed by atoms with van der Waals surface area (Å²) < 4.78 is 22.6. The van der Waals surface area contributed by atoms with Crippen LogP contribution in [0.3, 0.4) is 0 Å². The van der Waals surface area contributed by atoms with E-state index in [-0.39, 0.29) is 17.8 Å². The maximum atomic E-state index is 13.4. The lowest BCUT2D eigenvalue weighted by atomic mass is 10.0. The summed E-state index contributed by atoms with van der Waals surface area (Å²) in [5.74, 6) is 2.87. The molecule has 0 atom stereocenters. The molecule has 0 spiro atoms. The molecule has 0 saturated heterocycles. The minimum Gasteiger partial charge on any atom is -0.495 e. The highest BCUT2D eigenvalue weighted by molar-refractivity contribution is 6.16. The minimum absolute atomic E-state index is 0.0877. The summed E-state index contributed by atoms with van der Waals surface area (Å²) in [7, 11) is 5.84.